The number of carbonyl (C=O) groups excluding carboxylic acids is 1. The maximum absolute atomic E-state index is 10.7. The van der Waals surface area contributed by atoms with Gasteiger partial charge >= 0.3 is 6.03 Å². The van der Waals surface area contributed by atoms with Crippen LogP contribution >= 0.6 is 11.6 Å². The van der Waals surface area contributed by atoms with Gasteiger partial charge in [-0.3, -0.25) is 10.3 Å². The summed E-state index contributed by atoms with van der Waals surface area (Å²) in [4.78, 5) is 18.9. The van der Waals surface area contributed by atoms with Gasteiger partial charge in [0.15, 0.2) is 0 Å². The second-order valence-electron chi connectivity index (χ2n) is 3.14. The number of pyridine rings is 1. The first kappa shape index (κ1) is 13.8. The second-order valence-corrected chi connectivity index (χ2v) is 3.55. The SMILES string of the molecule is C#CCNC(=NCc1ncccc1Cl)NC(N)=O. The fourth-order valence-corrected chi connectivity index (χ4v) is 1.26. The summed E-state index contributed by atoms with van der Waals surface area (Å²) >= 11 is 5.92. The molecule has 18 heavy (non-hydrogen) atoms. The van der Waals surface area contributed by atoms with E-state index in [0.29, 0.717) is 10.7 Å². The minimum atomic E-state index is -0.731. The number of urea groups is 1. The molecular weight excluding hydrogens is 254 g/mol. The van der Waals surface area contributed by atoms with Crippen LogP contribution in [0.1, 0.15) is 5.69 Å². The first-order valence-electron chi connectivity index (χ1n) is 5.01. The molecule has 0 atom stereocenters. The Labute approximate surface area is 110 Å². The summed E-state index contributed by atoms with van der Waals surface area (Å²) in [6.07, 6.45) is 6.70. The van der Waals surface area contributed by atoms with E-state index in [1.54, 1.807) is 18.3 Å². The molecule has 0 spiro atoms. The molecule has 0 aliphatic heterocycles. The van der Waals surface area contributed by atoms with E-state index in [1.807, 2.05) is 0 Å². The van der Waals surface area contributed by atoms with Gasteiger partial charge in [-0.2, -0.15) is 0 Å². The minimum absolute atomic E-state index is 0.183. The van der Waals surface area contributed by atoms with Crippen LogP contribution in [0.2, 0.25) is 5.02 Å². The predicted octanol–water partition coefficient (Wildman–Crippen LogP) is 0.482. The van der Waals surface area contributed by atoms with Gasteiger partial charge in [-0.15, -0.1) is 6.42 Å². The Hall–Kier alpha value is -2.26. The van der Waals surface area contributed by atoms with Crippen molar-refractivity contribution < 1.29 is 4.79 Å². The highest BCUT2D eigenvalue weighted by Crippen LogP contribution is 2.12. The fourth-order valence-electron chi connectivity index (χ4n) is 1.08. The molecule has 0 saturated carbocycles. The average molecular weight is 266 g/mol. The smallest absolute Gasteiger partial charge is 0.318 e. The van der Waals surface area contributed by atoms with Crippen LogP contribution in [0.15, 0.2) is 23.3 Å². The number of halogens is 1. The summed E-state index contributed by atoms with van der Waals surface area (Å²) in [7, 11) is 0. The lowest BCUT2D eigenvalue weighted by Crippen LogP contribution is -2.43. The van der Waals surface area contributed by atoms with Crippen molar-refractivity contribution in [3.63, 3.8) is 0 Å². The number of carbonyl (C=O) groups is 1. The first-order chi connectivity index (χ1) is 8.63. The third kappa shape index (κ3) is 4.72. The van der Waals surface area contributed by atoms with Crippen molar-refractivity contribution in [3.8, 4) is 12.3 Å². The van der Waals surface area contributed by atoms with E-state index in [0.717, 1.165) is 0 Å². The molecule has 4 N–H and O–H groups in total. The molecule has 1 aromatic rings. The number of terminal acetylenes is 1. The van der Waals surface area contributed by atoms with Crippen LogP contribution in [0.4, 0.5) is 4.79 Å². The molecule has 2 amide bonds. The summed E-state index contributed by atoms with van der Waals surface area (Å²) in [5.41, 5.74) is 5.59. The number of aromatic nitrogens is 1. The van der Waals surface area contributed by atoms with E-state index in [1.165, 1.54) is 0 Å². The first-order valence-corrected chi connectivity index (χ1v) is 5.39. The van der Waals surface area contributed by atoms with E-state index >= 15 is 0 Å². The molecular formula is C11H12ClN5O. The number of nitrogens with one attached hydrogen (secondary N) is 2. The quantitative estimate of drug-likeness (QED) is 0.422. The summed E-state index contributed by atoms with van der Waals surface area (Å²) < 4.78 is 0. The Kier molecular flexibility index (Phi) is 5.48. The van der Waals surface area contributed by atoms with Crippen LogP contribution in [0.25, 0.3) is 0 Å². The van der Waals surface area contributed by atoms with Crippen LogP contribution in [-0.4, -0.2) is 23.5 Å². The highest BCUT2D eigenvalue weighted by atomic mass is 35.5. The van der Waals surface area contributed by atoms with Gasteiger partial charge in [0.2, 0.25) is 5.96 Å². The maximum Gasteiger partial charge on any atom is 0.318 e. The number of hydrogen-bond acceptors (Lipinski definition) is 3. The van der Waals surface area contributed by atoms with Crippen molar-refractivity contribution in [2.45, 2.75) is 6.54 Å². The average Bonchev–Trinajstić information content (AvgIpc) is 2.34. The lowest BCUT2D eigenvalue weighted by atomic mass is 10.3. The minimum Gasteiger partial charge on any atom is -0.351 e. The molecule has 0 aliphatic rings. The molecule has 1 aromatic heterocycles. The van der Waals surface area contributed by atoms with Gasteiger partial charge < -0.3 is 11.1 Å². The molecule has 6 nitrogen and oxygen atoms in total. The van der Waals surface area contributed by atoms with Gasteiger partial charge in [-0.05, 0) is 12.1 Å². The molecule has 0 aromatic carbocycles. The Morgan fingerprint density at radius 1 is 1.67 bits per heavy atom. The largest absolute Gasteiger partial charge is 0.351 e. The number of nitrogens with two attached hydrogens (primary N) is 1. The monoisotopic (exact) mass is 265 g/mol. The van der Waals surface area contributed by atoms with Gasteiger partial charge in [-0.25, -0.2) is 9.79 Å². The van der Waals surface area contributed by atoms with Gasteiger partial charge in [0.1, 0.15) is 0 Å². The Morgan fingerprint density at radius 3 is 3.06 bits per heavy atom. The van der Waals surface area contributed by atoms with E-state index in [2.05, 4.69) is 26.5 Å². The number of guanidine groups is 1. The normalized spacial score (nSPS) is 10.6. The predicted molar refractivity (Wildman–Crippen MR) is 69.9 cm³/mol. The topological polar surface area (TPSA) is 92.4 Å². The van der Waals surface area contributed by atoms with Crippen LogP contribution < -0.4 is 16.4 Å². The Morgan fingerprint density at radius 2 is 2.44 bits per heavy atom. The Balaban J connectivity index is 2.73. The lowest BCUT2D eigenvalue weighted by molar-refractivity contribution is 0.253. The summed E-state index contributed by atoms with van der Waals surface area (Å²) in [6.45, 7) is 0.419. The molecule has 1 rings (SSSR count). The zero-order valence-corrected chi connectivity index (χ0v) is 10.2. The van der Waals surface area contributed by atoms with Crippen LogP contribution in [0, 0.1) is 12.3 Å². The summed E-state index contributed by atoms with van der Waals surface area (Å²) in [5, 5.41) is 5.53. The molecule has 94 valence electrons. The number of nitrogens with zero attached hydrogens (tertiary/aromatic N) is 2. The van der Waals surface area contributed by atoms with Gasteiger partial charge in [0.05, 0.1) is 23.8 Å². The van der Waals surface area contributed by atoms with E-state index in [9.17, 15) is 4.79 Å². The third-order valence-corrected chi connectivity index (χ3v) is 2.17. The highest BCUT2D eigenvalue weighted by Gasteiger charge is 2.03. The number of amides is 2. The van der Waals surface area contributed by atoms with Crippen molar-refractivity contribution in [2.75, 3.05) is 6.54 Å². The zero-order valence-electron chi connectivity index (χ0n) is 9.48. The van der Waals surface area contributed by atoms with Gasteiger partial charge in [0, 0.05) is 6.20 Å². The molecule has 0 radical (unpaired) electrons. The van der Waals surface area contributed by atoms with Crippen LogP contribution in [0.5, 0.6) is 0 Å². The third-order valence-electron chi connectivity index (χ3n) is 1.82. The van der Waals surface area contributed by atoms with E-state index in [-0.39, 0.29) is 19.0 Å². The van der Waals surface area contributed by atoms with Crippen molar-refractivity contribution >= 4 is 23.6 Å². The standard InChI is InChI=1S/C11H12ClN5O/c1-2-5-15-11(17-10(13)18)16-7-9-8(12)4-3-6-14-9/h1,3-4,6H,5,7H2,(H4,13,15,16,17,18). The molecule has 0 saturated heterocycles. The molecule has 0 bridgehead atoms. The van der Waals surface area contributed by atoms with Crippen LogP contribution in [0.3, 0.4) is 0 Å². The van der Waals surface area contributed by atoms with E-state index in [4.69, 9.17) is 23.8 Å². The molecule has 1 heterocycles. The Bertz CT molecular complexity index is 494. The van der Waals surface area contributed by atoms with Crippen molar-refractivity contribution in [1.82, 2.24) is 15.6 Å². The van der Waals surface area contributed by atoms with E-state index < -0.39 is 6.03 Å². The van der Waals surface area contributed by atoms with Gasteiger partial charge in [0.25, 0.3) is 0 Å². The maximum atomic E-state index is 10.7. The fraction of sp³-hybridized carbons (Fsp3) is 0.182. The second kappa shape index (κ2) is 7.14. The summed E-state index contributed by atoms with van der Waals surface area (Å²) in [6, 6.07) is 2.69. The van der Waals surface area contributed by atoms with Crippen molar-refractivity contribution in [1.29, 1.82) is 0 Å². The molecule has 0 fully saturated rings. The zero-order chi connectivity index (χ0) is 13.4. The number of hydrogen-bond donors (Lipinski definition) is 3. The summed E-state index contributed by atoms with van der Waals surface area (Å²) in [5.74, 6) is 2.54. The number of aliphatic imine (C=N–C) groups is 1. The highest BCUT2D eigenvalue weighted by molar-refractivity contribution is 6.31. The molecule has 7 heteroatoms. The number of primary amides is 1. The van der Waals surface area contributed by atoms with Crippen molar-refractivity contribution in [2.24, 2.45) is 10.7 Å². The molecule has 0 aliphatic carbocycles. The number of rotatable bonds is 3. The van der Waals surface area contributed by atoms with Crippen molar-refractivity contribution in [3.05, 3.63) is 29.0 Å². The molecule has 0 unspecified atom stereocenters. The lowest BCUT2D eigenvalue weighted by Gasteiger charge is -2.07. The van der Waals surface area contributed by atoms with Gasteiger partial charge in [-0.1, -0.05) is 17.5 Å². The van der Waals surface area contributed by atoms with Crippen LogP contribution in [-0.2, 0) is 6.54 Å².